The number of carbonyl (C=O) groups excluding carboxylic acids is 1. The first-order valence-electron chi connectivity index (χ1n) is 9.86. The van der Waals surface area contributed by atoms with Crippen LogP contribution in [0.3, 0.4) is 0 Å². The lowest BCUT2D eigenvalue weighted by Gasteiger charge is -2.31. The van der Waals surface area contributed by atoms with Gasteiger partial charge in [0.05, 0.1) is 6.54 Å². The molecule has 2 nitrogen and oxygen atoms in total. The van der Waals surface area contributed by atoms with Crippen LogP contribution in [-0.2, 0) is 0 Å². The molecule has 1 fully saturated rings. The second-order valence-corrected chi connectivity index (χ2v) is 7.44. The van der Waals surface area contributed by atoms with E-state index in [1.807, 2.05) is 66.7 Å². The van der Waals surface area contributed by atoms with Gasteiger partial charge < -0.3 is 0 Å². The van der Waals surface area contributed by atoms with Crippen LogP contribution in [-0.4, -0.2) is 30.3 Å². The molecule has 3 aromatic carbocycles. The number of piperidine rings is 1. The first kappa shape index (κ1) is 18.6. The number of ketones is 1. The smallest absolute Gasteiger partial charge is 0.176 e. The number of halogens is 1. The number of rotatable bonds is 5. The van der Waals surface area contributed by atoms with Crippen LogP contribution in [0.1, 0.15) is 34.7 Å². The Morgan fingerprint density at radius 3 is 2.18 bits per heavy atom. The van der Waals surface area contributed by atoms with Crippen molar-refractivity contribution in [3.8, 4) is 11.1 Å². The number of hydrogen-bond donors (Lipinski definition) is 0. The lowest BCUT2D eigenvalue weighted by Crippen LogP contribution is -2.36. The van der Waals surface area contributed by atoms with E-state index in [0.29, 0.717) is 18.0 Å². The molecule has 1 aliphatic heterocycles. The Bertz CT molecular complexity index is 931. The Kier molecular flexibility index (Phi) is 5.63. The molecule has 142 valence electrons. The molecule has 28 heavy (non-hydrogen) atoms. The van der Waals surface area contributed by atoms with Crippen molar-refractivity contribution >= 4 is 5.78 Å². The van der Waals surface area contributed by atoms with Crippen LogP contribution >= 0.6 is 0 Å². The van der Waals surface area contributed by atoms with Gasteiger partial charge in [-0.05, 0) is 49.0 Å². The average molecular weight is 373 g/mol. The second-order valence-electron chi connectivity index (χ2n) is 7.44. The molecule has 0 atom stereocenters. The van der Waals surface area contributed by atoms with Crippen molar-refractivity contribution < 1.29 is 9.18 Å². The Balaban J connectivity index is 1.37. The topological polar surface area (TPSA) is 20.3 Å². The van der Waals surface area contributed by atoms with Crippen molar-refractivity contribution in [1.82, 2.24) is 4.90 Å². The van der Waals surface area contributed by atoms with E-state index in [4.69, 9.17) is 0 Å². The van der Waals surface area contributed by atoms with E-state index in [9.17, 15) is 9.18 Å². The first-order valence-corrected chi connectivity index (χ1v) is 9.86. The summed E-state index contributed by atoms with van der Waals surface area (Å²) in [4.78, 5) is 14.6. The third-order valence-electron chi connectivity index (χ3n) is 5.60. The summed E-state index contributed by atoms with van der Waals surface area (Å²) in [6.45, 7) is 2.19. The molecule has 0 N–H and O–H groups in total. The molecule has 1 heterocycles. The largest absolute Gasteiger partial charge is 0.296 e. The van der Waals surface area contributed by atoms with Crippen molar-refractivity contribution in [2.24, 2.45) is 0 Å². The molecule has 0 amide bonds. The molecular weight excluding hydrogens is 349 g/mol. The number of carbonyl (C=O) groups is 1. The highest BCUT2D eigenvalue weighted by Gasteiger charge is 2.23. The van der Waals surface area contributed by atoms with Crippen LogP contribution in [0.5, 0.6) is 0 Å². The minimum Gasteiger partial charge on any atom is -0.296 e. The average Bonchev–Trinajstić information content (AvgIpc) is 2.75. The normalized spacial score (nSPS) is 15.5. The maximum absolute atomic E-state index is 14.7. The summed E-state index contributed by atoms with van der Waals surface area (Å²) in [6, 6.07) is 24.7. The number of likely N-dealkylation sites (tertiary alicyclic amines) is 1. The van der Waals surface area contributed by atoms with Gasteiger partial charge in [-0.25, -0.2) is 4.39 Å². The Morgan fingerprint density at radius 1 is 0.893 bits per heavy atom. The molecule has 4 rings (SSSR count). The highest BCUT2D eigenvalue weighted by molar-refractivity contribution is 5.97. The van der Waals surface area contributed by atoms with Gasteiger partial charge in [0, 0.05) is 11.1 Å². The minimum atomic E-state index is -0.162. The molecule has 0 aromatic heterocycles. The van der Waals surface area contributed by atoms with Crippen LogP contribution < -0.4 is 0 Å². The number of nitrogens with zero attached hydrogens (tertiary/aromatic N) is 1. The van der Waals surface area contributed by atoms with E-state index >= 15 is 0 Å². The van der Waals surface area contributed by atoms with Crippen LogP contribution in [0.4, 0.5) is 4.39 Å². The lowest BCUT2D eigenvalue weighted by molar-refractivity contribution is 0.0909. The van der Waals surface area contributed by atoms with Gasteiger partial charge in [-0.3, -0.25) is 9.69 Å². The third kappa shape index (κ3) is 4.20. The molecule has 0 bridgehead atoms. The van der Waals surface area contributed by atoms with Crippen LogP contribution in [0.2, 0.25) is 0 Å². The molecular formula is C25H24FNO. The van der Waals surface area contributed by atoms with E-state index in [1.165, 1.54) is 0 Å². The highest BCUT2D eigenvalue weighted by Crippen LogP contribution is 2.31. The zero-order valence-electron chi connectivity index (χ0n) is 15.9. The fraction of sp³-hybridized carbons (Fsp3) is 0.240. The maximum atomic E-state index is 14.7. The zero-order valence-corrected chi connectivity index (χ0v) is 15.9. The summed E-state index contributed by atoms with van der Waals surface area (Å²) in [6.07, 6.45) is 1.90. The summed E-state index contributed by atoms with van der Waals surface area (Å²) < 4.78 is 14.7. The zero-order chi connectivity index (χ0) is 19.3. The molecule has 1 saturated heterocycles. The Morgan fingerprint density at radius 2 is 1.54 bits per heavy atom. The van der Waals surface area contributed by atoms with Crippen molar-refractivity contribution in [1.29, 1.82) is 0 Å². The van der Waals surface area contributed by atoms with Gasteiger partial charge in [0.2, 0.25) is 0 Å². The Labute approximate surface area is 165 Å². The van der Waals surface area contributed by atoms with Gasteiger partial charge in [-0.1, -0.05) is 72.8 Å². The summed E-state index contributed by atoms with van der Waals surface area (Å²) >= 11 is 0. The fourth-order valence-electron chi connectivity index (χ4n) is 3.98. The van der Waals surface area contributed by atoms with E-state index in [2.05, 4.69) is 11.0 Å². The third-order valence-corrected chi connectivity index (χ3v) is 5.60. The molecule has 0 radical (unpaired) electrons. The van der Waals surface area contributed by atoms with Crippen LogP contribution in [0.25, 0.3) is 11.1 Å². The summed E-state index contributed by atoms with van der Waals surface area (Å²) in [5.74, 6) is 0.352. The SMILES string of the molecule is O=C(CN1CCC(c2ccc(-c3ccccc3)c(F)c2)CC1)c1ccccc1. The number of hydrogen-bond acceptors (Lipinski definition) is 2. The molecule has 0 unspecified atom stereocenters. The minimum absolute atomic E-state index is 0.162. The molecule has 1 aliphatic rings. The van der Waals surface area contributed by atoms with Gasteiger partial charge in [0.1, 0.15) is 5.82 Å². The maximum Gasteiger partial charge on any atom is 0.176 e. The van der Waals surface area contributed by atoms with Gasteiger partial charge in [0.25, 0.3) is 0 Å². The standard InChI is InChI=1S/C25H24FNO/c26-24-17-22(11-12-23(24)20-7-3-1-4-8-20)19-13-15-27(16-14-19)18-25(28)21-9-5-2-6-10-21/h1-12,17,19H,13-16,18H2. The van der Waals surface area contributed by atoms with Crippen molar-refractivity contribution in [3.05, 3.63) is 95.8 Å². The second kappa shape index (κ2) is 8.49. The molecule has 3 heteroatoms. The van der Waals surface area contributed by atoms with E-state index in [1.54, 1.807) is 6.07 Å². The van der Waals surface area contributed by atoms with Crippen molar-refractivity contribution in [2.75, 3.05) is 19.6 Å². The summed E-state index contributed by atoms with van der Waals surface area (Å²) in [5, 5.41) is 0. The van der Waals surface area contributed by atoms with Crippen molar-refractivity contribution in [3.63, 3.8) is 0 Å². The predicted molar refractivity (Wildman–Crippen MR) is 111 cm³/mol. The summed E-state index contributed by atoms with van der Waals surface area (Å²) in [5.41, 5.74) is 3.38. The van der Waals surface area contributed by atoms with E-state index < -0.39 is 0 Å². The fourth-order valence-corrected chi connectivity index (χ4v) is 3.98. The van der Waals surface area contributed by atoms with Gasteiger partial charge in [0.15, 0.2) is 5.78 Å². The van der Waals surface area contributed by atoms with Gasteiger partial charge >= 0.3 is 0 Å². The van der Waals surface area contributed by atoms with E-state index in [-0.39, 0.29) is 11.6 Å². The monoisotopic (exact) mass is 373 g/mol. The van der Waals surface area contributed by atoms with Crippen LogP contribution in [0.15, 0.2) is 78.9 Å². The molecule has 3 aromatic rings. The molecule has 0 spiro atoms. The Hall–Kier alpha value is -2.78. The van der Waals surface area contributed by atoms with Crippen LogP contribution in [0, 0.1) is 5.82 Å². The lowest BCUT2D eigenvalue weighted by atomic mass is 9.88. The summed E-state index contributed by atoms with van der Waals surface area (Å²) in [7, 11) is 0. The molecule has 0 aliphatic carbocycles. The highest BCUT2D eigenvalue weighted by atomic mass is 19.1. The number of benzene rings is 3. The van der Waals surface area contributed by atoms with Gasteiger partial charge in [-0.15, -0.1) is 0 Å². The number of Topliss-reactive ketones (excluding diaryl/α,β-unsaturated/α-hetero) is 1. The first-order chi connectivity index (χ1) is 13.7. The van der Waals surface area contributed by atoms with E-state index in [0.717, 1.165) is 42.6 Å². The molecule has 0 saturated carbocycles. The van der Waals surface area contributed by atoms with Crippen molar-refractivity contribution in [2.45, 2.75) is 18.8 Å². The van der Waals surface area contributed by atoms with Gasteiger partial charge in [-0.2, -0.15) is 0 Å². The predicted octanol–water partition coefficient (Wildman–Crippen LogP) is 5.56. The quantitative estimate of drug-likeness (QED) is 0.546.